The molecule has 0 aliphatic rings. The number of nitrogens with one attached hydrogen (secondary N) is 2. The molecular weight excluding hydrogens is 462 g/mol. The van der Waals surface area contributed by atoms with Crippen LogP contribution in [0.2, 0.25) is 0 Å². The van der Waals surface area contributed by atoms with Crippen molar-refractivity contribution in [2.75, 3.05) is 16.4 Å². The van der Waals surface area contributed by atoms with Gasteiger partial charge in [-0.2, -0.15) is 0 Å². The standard InChI is InChI=1S/C27H21N3O2S2/c31-25(15-19-9-6-8-18-7-4-5-12-22(18)19)29-21-13-14-23-24(16-21)34-27(30-23)33-17-26(32)28-20-10-2-1-3-11-20/h1-14,16H,15,17H2,(H,28,32)(H,29,31). The van der Waals surface area contributed by atoms with Crippen LogP contribution in [0, 0.1) is 0 Å². The van der Waals surface area contributed by atoms with Crippen molar-refractivity contribution in [3.8, 4) is 0 Å². The summed E-state index contributed by atoms with van der Waals surface area (Å²) in [6.07, 6.45) is 0.305. The number of nitrogens with zero attached hydrogens (tertiary/aromatic N) is 1. The molecule has 0 aliphatic heterocycles. The van der Waals surface area contributed by atoms with Crippen LogP contribution in [0.15, 0.2) is 95.3 Å². The van der Waals surface area contributed by atoms with Gasteiger partial charge < -0.3 is 10.6 Å². The second kappa shape index (κ2) is 10.1. The molecule has 0 unspecified atom stereocenters. The first kappa shape index (κ1) is 22.1. The lowest BCUT2D eigenvalue weighted by molar-refractivity contribution is -0.115. The van der Waals surface area contributed by atoms with E-state index in [0.717, 1.165) is 42.3 Å². The highest BCUT2D eigenvalue weighted by Crippen LogP contribution is 2.31. The SMILES string of the molecule is O=C(CSc1nc2ccc(NC(=O)Cc3cccc4ccccc34)cc2s1)Nc1ccccc1. The average Bonchev–Trinajstić information content (AvgIpc) is 3.26. The minimum absolute atomic E-state index is 0.0626. The monoisotopic (exact) mass is 483 g/mol. The number of thioether (sulfide) groups is 1. The Balaban J connectivity index is 1.22. The Kier molecular flexibility index (Phi) is 6.56. The second-order valence-electron chi connectivity index (χ2n) is 7.73. The van der Waals surface area contributed by atoms with Gasteiger partial charge in [-0.15, -0.1) is 11.3 Å². The fourth-order valence-electron chi connectivity index (χ4n) is 3.71. The van der Waals surface area contributed by atoms with Gasteiger partial charge in [0.05, 0.1) is 22.4 Å². The number of hydrogen-bond acceptors (Lipinski definition) is 5. The van der Waals surface area contributed by atoms with Gasteiger partial charge in [0.15, 0.2) is 4.34 Å². The first-order valence-corrected chi connectivity index (χ1v) is 12.6. The number of benzene rings is 4. The van der Waals surface area contributed by atoms with Crippen molar-refractivity contribution < 1.29 is 9.59 Å². The van der Waals surface area contributed by atoms with Crippen molar-refractivity contribution in [2.24, 2.45) is 0 Å². The van der Waals surface area contributed by atoms with Gasteiger partial charge in [-0.25, -0.2) is 4.98 Å². The van der Waals surface area contributed by atoms with Crippen LogP contribution in [-0.4, -0.2) is 22.6 Å². The molecule has 0 saturated carbocycles. The molecule has 0 bridgehead atoms. The topological polar surface area (TPSA) is 71.1 Å². The maximum Gasteiger partial charge on any atom is 0.234 e. The molecule has 4 aromatic carbocycles. The summed E-state index contributed by atoms with van der Waals surface area (Å²) in [4.78, 5) is 29.5. The Labute approximate surface area is 205 Å². The molecule has 0 aliphatic carbocycles. The summed E-state index contributed by atoms with van der Waals surface area (Å²) in [5, 5.41) is 8.10. The maximum absolute atomic E-state index is 12.7. The molecule has 5 aromatic rings. The number of thiazole rings is 1. The molecule has 2 N–H and O–H groups in total. The van der Waals surface area contributed by atoms with Gasteiger partial charge in [0.25, 0.3) is 0 Å². The molecule has 0 saturated heterocycles. The summed E-state index contributed by atoms with van der Waals surface area (Å²) in [5.74, 6) is 0.146. The molecular formula is C27H21N3O2S2. The van der Waals surface area contributed by atoms with E-state index in [2.05, 4.69) is 27.8 Å². The predicted molar refractivity (Wildman–Crippen MR) is 142 cm³/mol. The maximum atomic E-state index is 12.7. The molecule has 0 fully saturated rings. The summed E-state index contributed by atoms with van der Waals surface area (Å²) < 4.78 is 1.78. The number of para-hydroxylation sites is 1. The normalized spacial score (nSPS) is 10.9. The summed E-state index contributed by atoms with van der Waals surface area (Å²) in [6, 6.07) is 29.2. The number of fused-ring (bicyclic) bond motifs is 2. The molecule has 0 spiro atoms. The van der Waals surface area contributed by atoms with Gasteiger partial charge in [0.2, 0.25) is 11.8 Å². The number of rotatable bonds is 7. The fourth-order valence-corrected chi connectivity index (χ4v) is 5.62. The fraction of sp³-hybridized carbons (Fsp3) is 0.0741. The number of amides is 2. The van der Waals surface area contributed by atoms with Crippen molar-refractivity contribution in [3.05, 3.63) is 96.6 Å². The summed E-state index contributed by atoms with van der Waals surface area (Å²) in [5.41, 5.74) is 3.37. The molecule has 5 rings (SSSR count). The minimum atomic E-state index is -0.0724. The third-order valence-corrected chi connectivity index (χ3v) is 7.43. The Morgan fingerprint density at radius 2 is 1.56 bits per heavy atom. The number of carbonyl (C=O) groups excluding carboxylic acids is 2. The van der Waals surface area contributed by atoms with Gasteiger partial charge in [0, 0.05) is 11.4 Å². The van der Waals surface area contributed by atoms with E-state index in [1.54, 1.807) is 0 Å². The molecule has 0 atom stereocenters. The molecule has 5 nitrogen and oxygen atoms in total. The molecule has 168 valence electrons. The van der Waals surface area contributed by atoms with Crippen LogP contribution in [0.3, 0.4) is 0 Å². The molecule has 1 heterocycles. The van der Waals surface area contributed by atoms with Crippen molar-refractivity contribution in [3.63, 3.8) is 0 Å². The Morgan fingerprint density at radius 3 is 2.44 bits per heavy atom. The summed E-state index contributed by atoms with van der Waals surface area (Å²) in [6.45, 7) is 0. The van der Waals surface area contributed by atoms with Crippen molar-refractivity contribution in [2.45, 2.75) is 10.8 Å². The number of hydrogen-bond donors (Lipinski definition) is 2. The first-order chi connectivity index (χ1) is 16.6. The van der Waals surface area contributed by atoms with Crippen LogP contribution in [-0.2, 0) is 16.0 Å². The van der Waals surface area contributed by atoms with Crippen molar-refractivity contribution >= 4 is 67.3 Å². The van der Waals surface area contributed by atoms with E-state index >= 15 is 0 Å². The summed E-state index contributed by atoms with van der Waals surface area (Å²) in [7, 11) is 0. The molecule has 34 heavy (non-hydrogen) atoms. The second-order valence-corrected chi connectivity index (χ2v) is 9.98. The molecule has 1 aromatic heterocycles. The first-order valence-electron chi connectivity index (χ1n) is 10.8. The largest absolute Gasteiger partial charge is 0.326 e. The van der Waals surface area contributed by atoms with Crippen LogP contribution < -0.4 is 10.6 Å². The van der Waals surface area contributed by atoms with Gasteiger partial charge in [-0.3, -0.25) is 9.59 Å². The minimum Gasteiger partial charge on any atom is -0.326 e. The van der Waals surface area contributed by atoms with E-state index in [9.17, 15) is 9.59 Å². The zero-order chi connectivity index (χ0) is 23.3. The zero-order valence-corrected chi connectivity index (χ0v) is 19.8. The van der Waals surface area contributed by atoms with Gasteiger partial charge in [-0.05, 0) is 46.7 Å². The van der Waals surface area contributed by atoms with E-state index in [1.165, 1.54) is 23.1 Å². The highest BCUT2D eigenvalue weighted by atomic mass is 32.2. The third kappa shape index (κ3) is 5.27. The zero-order valence-electron chi connectivity index (χ0n) is 18.2. The third-order valence-electron chi connectivity index (χ3n) is 5.27. The van der Waals surface area contributed by atoms with E-state index in [1.807, 2.05) is 78.9 Å². The van der Waals surface area contributed by atoms with E-state index in [-0.39, 0.29) is 17.6 Å². The van der Waals surface area contributed by atoms with Crippen LogP contribution >= 0.6 is 23.1 Å². The predicted octanol–water partition coefficient (Wildman–Crippen LogP) is 6.36. The van der Waals surface area contributed by atoms with E-state index in [4.69, 9.17) is 0 Å². The van der Waals surface area contributed by atoms with Gasteiger partial charge in [0.1, 0.15) is 0 Å². The van der Waals surface area contributed by atoms with Crippen LogP contribution in [0.1, 0.15) is 5.56 Å². The van der Waals surface area contributed by atoms with Crippen molar-refractivity contribution in [1.29, 1.82) is 0 Å². The lowest BCUT2D eigenvalue weighted by atomic mass is 10.0. The van der Waals surface area contributed by atoms with Gasteiger partial charge in [-0.1, -0.05) is 72.4 Å². The highest BCUT2D eigenvalue weighted by Gasteiger charge is 2.11. The van der Waals surface area contributed by atoms with Crippen molar-refractivity contribution in [1.82, 2.24) is 4.98 Å². The van der Waals surface area contributed by atoms with Gasteiger partial charge >= 0.3 is 0 Å². The smallest absolute Gasteiger partial charge is 0.234 e. The lowest BCUT2D eigenvalue weighted by Crippen LogP contribution is -2.14. The average molecular weight is 484 g/mol. The number of anilines is 2. The van der Waals surface area contributed by atoms with Crippen LogP contribution in [0.25, 0.3) is 21.0 Å². The highest BCUT2D eigenvalue weighted by molar-refractivity contribution is 8.01. The molecule has 7 heteroatoms. The molecule has 0 radical (unpaired) electrons. The Morgan fingerprint density at radius 1 is 0.794 bits per heavy atom. The number of aromatic nitrogens is 1. The summed E-state index contributed by atoms with van der Waals surface area (Å²) >= 11 is 2.92. The van der Waals surface area contributed by atoms with Crippen LogP contribution in [0.5, 0.6) is 0 Å². The number of carbonyl (C=O) groups is 2. The lowest BCUT2D eigenvalue weighted by Gasteiger charge is -2.08. The Hall–Kier alpha value is -3.68. The molecule has 2 amide bonds. The van der Waals surface area contributed by atoms with E-state index < -0.39 is 0 Å². The van der Waals surface area contributed by atoms with E-state index in [0.29, 0.717) is 6.42 Å². The quantitative estimate of drug-likeness (QED) is 0.264. The Bertz CT molecular complexity index is 1480. The van der Waals surface area contributed by atoms with Crippen LogP contribution in [0.4, 0.5) is 11.4 Å².